The minimum atomic E-state index is -0.940. The van der Waals surface area contributed by atoms with Gasteiger partial charge in [0.25, 0.3) is 0 Å². The molecular weight excluding hydrogens is 148 g/mol. The van der Waals surface area contributed by atoms with Gasteiger partial charge in [0.2, 0.25) is 0 Å². The van der Waals surface area contributed by atoms with E-state index in [4.69, 9.17) is 15.3 Å². The number of aliphatic hydroxyl groups is 2. The van der Waals surface area contributed by atoms with Crippen LogP contribution in [0.4, 0.5) is 0 Å². The van der Waals surface area contributed by atoms with Crippen LogP contribution in [0, 0.1) is 5.92 Å². The van der Waals surface area contributed by atoms with Crippen LogP contribution in [0.1, 0.15) is 19.8 Å². The molecule has 0 fully saturated rings. The quantitative estimate of drug-likeness (QED) is 0.525. The van der Waals surface area contributed by atoms with E-state index in [-0.39, 0.29) is 18.9 Å². The Morgan fingerprint density at radius 1 is 1.55 bits per heavy atom. The smallest absolute Gasteiger partial charge is 0.303 e. The first-order chi connectivity index (χ1) is 5.11. The minimum absolute atomic E-state index is 0.0851. The van der Waals surface area contributed by atoms with E-state index in [0.29, 0.717) is 6.42 Å². The van der Waals surface area contributed by atoms with Crippen molar-refractivity contribution in [1.82, 2.24) is 0 Å². The number of carboxylic acid groups (broad SMARTS) is 1. The van der Waals surface area contributed by atoms with Gasteiger partial charge in [-0.15, -0.1) is 0 Å². The summed E-state index contributed by atoms with van der Waals surface area (Å²) in [5.74, 6) is -1.28. The van der Waals surface area contributed by atoms with Gasteiger partial charge in [0.15, 0.2) is 0 Å². The minimum Gasteiger partial charge on any atom is -0.481 e. The van der Waals surface area contributed by atoms with Crippen molar-refractivity contribution >= 4 is 5.97 Å². The molecule has 0 saturated carbocycles. The van der Waals surface area contributed by atoms with Gasteiger partial charge in [-0.1, -0.05) is 13.3 Å². The Labute approximate surface area is 65.5 Å². The Hall–Kier alpha value is -0.610. The highest BCUT2D eigenvalue weighted by atomic mass is 16.4. The summed E-state index contributed by atoms with van der Waals surface area (Å²) in [4.78, 5) is 10.2. The fraction of sp³-hybridized carbons (Fsp3) is 0.857. The van der Waals surface area contributed by atoms with E-state index in [9.17, 15) is 4.79 Å². The van der Waals surface area contributed by atoms with Crippen LogP contribution in [0.25, 0.3) is 0 Å². The Balaban J connectivity index is 3.84. The molecule has 4 heteroatoms. The van der Waals surface area contributed by atoms with E-state index in [0.717, 1.165) is 0 Å². The van der Waals surface area contributed by atoms with Crippen molar-refractivity contribution in [3.05, 3.63) is 0 Å². The summed E-state index contributed by atoms with van der Waals surface area (Å²) < 4.78 is 0. The number of hydrogen-bond donors (Lipinski definition) is 3. The molecule has 0 aromatic rings. The highest BCUT2D eigenvalue weighted by Gasteiger charge is 2.19. The van der Waals surface area contributed by atoms with Crippen LogP contribution in [0.15, 0.2) is 0 Å². The molecule has 0 spiro atoms. The molecule has 0 aromatic heterocycles. The van der Waals surface area contributed by atoms with Crippen LogP contribution in [-0.2, 0) is 4.79 Å². The molecule has 0 aliphatic carbocycles. The zero-order valence-electron chi connectivity index (χ0n) is 6.53. The molecule has 0 aliphatic heterocycles. The van der Waals surface area contributed by atoms with E-state index in [1.807, 2.05) is 0 Å². The van der Waals surface area contributed by atoms with Crippen LogP contribution in [0.3, 0.4) is 0 Å². The third kappa shape index (κ3) is 3.95. The van der Waals surface area contributed by atoms with Gasteiger partial charge in [-0.2, -0.15) is 0 Å². The molecule has 4 nitrogen and oxygen atoms in total. The number of hydrogen-bond acceptors (Lipinski definition) is 3. The second kappa shape index (κ2) is 5.09. The van der Waals surface area contributed by atoms with Crippen molar-refractivity contribution in [2.45, 2.75) is 25.9 Å². The number of carbonyl (C=O) groups is 1. The van der Waals surface area contributed by atoms with E-state index >= 15 is 0 Å². The average molecular weight is 162 g/mol. The van der Waals surface area contributed by atoms with E-state index in [2.05, 4.69) is 0 Å². The number of carboxylic acids is 1. The highest BCUT2D eigenvalue weighted by Crippen LogP contribution is 2.12. The summed E-state index contributed by atoms with van der Waals surface area (Å²) in [5.41, 5.74) is 0. The molecule has 0 amide bonds. The van der Waals surface area contributed by atoms with Gasteiger partial charge in [-0.3, -0.25) is 4.79 Å². The van der Waals surface area contributed by atoms with Crippen molar-refractivity contribution in [1.29, 1.82) is 0 Å². The molecule has 0 saturated heterocycles. The average Bonchev–Trinajstić information content (AvgIpc) is 1.98. The van der Waals surface area contributed by atoms with Crippen molar-refractivity contribution in [2.24, 2.45) is 5.92 Å². The lowest BCUT2D eigenvalue weighted by atomic mass is 9.96. The first-order valence-electron chi connectivity index (χ1n) is 3.62. The predicted octanol–water partition coefficient (Wildman–Crippen LogP) is -0.160. The van der Waals surface area contributed by atoms with Crippen LogP contribution in [0.2, 0.25) is 0 Å². The molecule has 3 N–H and O–H groups in total. The van der Waals surface area contributed by atoms with Crippen LogP contribution in [0.5, 0.6) is 0 Å². The molecule has 0 radical (unpaired) electrons. The van der Waals surface area contributed by atoms with Crippen molar-refractivity contribution < 1.29 is 20.1 Å². The van der Waals surface area contributed by atoms with Crippen molar-refractivity contribution in [3.8, 4) is 0 Å². The molecule has 0 aliphatic rings. The van der Waals surface area contributed by atoms with Gasteiger partial charge in [0.1, 0.15) is 0 Å². The summed E-state index contributed by atoms with van der Waals surface area (Å²) in [6, 6.07) is 0. The van der Waals surface area contributed by atoms with Gasteiger partial charge in [0.05, 0.1) is 19.1 Å². The summed E-state index contributed by atoms with van der Waals surface area (Å²) >= 11 is 0. The Morgan fingerprint density at radius 2 is 2.09 bits per heavy atom. The van der Waals surface area contributed by atoms with Crippen LogP contribution in [-0.4, -0.2) is 34.0 Å². The molecule has 0 rings (SSSR count). The molecule has 11 heavy (non-hydrogen) atoms. The second-order valence-electron chi connectivity index (χ2n) is 2.52. The van der Waals surface area contributed by atoms with E-state index < -0.39 is 12.1 Å². The standard InChI is InChI=1S/C7H14O4/c1-2-5(3-7(10)11)6(9)4-8/h5-6,8-9H,2-4H2,1H3,(H,10,11). The first kappa shape index (κ1) is 10.4. The molecule has 0 heterocycles. The topological polar surface area (TPSA) is 77.8 Å². The lowest BCUT2D eigenvalue weighted by molar-refractivity contribution is -0.139. The molecule has 0 aromatic carbocycles. The Morgan fingerprint density at radius 3 is 2.36 bits per heavy atom. The molecule has 2 atom stereocenters. The molecule has 2 unspecified atom stereocenters. The normalized spacial score (nSPS) is 15.9. The lowest BCUT2D eigenvalue weighted by Crippen LogP contribution is -2.25. The largest absolute Gasteiger partial charge is 0.481 e. The van der Waals surface area contributed by atoms with Gasteiger partial charge < -0.3 is 15.3 Å². The molecule has 0 bridgehead atoms. The van der Waals surface area contributed by atoms with Gasteiger partial charge >= 0.3 is 5.97 Å². The number of aliphatic hydroxyl groups excluding tert-OH is 2. The highest BCUT2D eigenvalue weighted by molar-refractivity contribution is 5.67. The summed E-state index contributed by atoms with van der Waals surface area (Å²) in [7, 11) is 0. The van der Waals surface area contributed by atoms with Crippen LogP contribution >= 0.6 is 0 Å². The SMILES string of the molecule is CCC(CC(=O)O)C(O)CO. The zero-order valence-corrected chi connectivity index (χ0v) is 6.53. The van der Waals surface area contributed by atoms with Crippen molar-refractivity contribution in [2.75, 3.05) is 6.61 Å². The van der Waals surface area contributed by atoms with Gasteiger partial charge in [-0.25, -0.2) is 0 Å². The molecular formula is C7H14O4. The third-order valence-corrected chi connectivity index (χ3v) is 1.69. The monoisotopic (exact) mass is 162 g/mol. The second-order valence-corrected chi connectivity index (χ2v) is 2.52. The maximum absolute atomic E-state index is 10.2. The zero-order chi connectivity index (χ0) is 8.85. The first-order valence-corrected chi connectivity index (χ1v) is 3.62. The maximum atomic E-state index is 10.2. The lowest BCUT2D eigenvalue weighted by Gasteiger charge is -2.16. The fourth-order valence-corrected chi connectivity index (χ4v) is 0.926. The summed E-state index contributed by atoms with van der Waals surface area (Å²) in [6.07, 6.45) is -0.428. The predicted molar refractivity (Wildman–Crippen MR) is 39.1 cm³/mol. The Bertz CT molecular complexity index is 124. The fourth-order valence-electron chi connectivity index (χ4n) is 0.926. The van der Waals surface area contributed by atoms with Gasteiger partial charge in [0, 0.05) is 0 Å². The maximum Gasteiger partial charge on any atom is 0.303 e. The molecule has 66 valence electrons. The summed E-state index contributed by atoms with van der Waals surface area (Å²) in [6.45, 7) is 1.41. The number of aliphatic carboxylic acids is 1. The van der Waals surface area contributed by atoms with Crippen LogP contribution < -0.4 is 0 Å². The Kier molecular flexibility index (Phi) is 4.81. The van der Waals surface area contributed by atoms with E-state index in [1.165, 1.54) is 0 Å². The van der Waals surface area contributed by atoms with Crippen molar-refractivity contribution in [3.63, 3.8) is 0 Å². The van der Waals surface area contributed by atoms with E-state index in [1.54, 1.807) is 6.92 Å². The summed E-state index contributed by atoms with van der Waals surface area (Å²) in [5, 5.41) is 25.9. The third-order valence-electron chi connectivity index (χ3n) is 1.69. The van der Waals surface area contributed by atoms with Gasteiger partial charge in [-0.05, 0) is 5.92 Å². The number of rotatable bonds is 5.